The molecule has 2 atom stereocenters. The SMILES string of the molecule is CON=C(C(=O)NC1C(=O)N2C(C(=O)O)=C(CC(=S)c3n[nH]c(=O)c(=O)n3C(C)C)CSC12)c1csc(N)n1. The molecule has 2 amide bonds. The lowest BCUT2D eigenvalue weighted by atomic mass is 10.00. The van der Waals surface area contributed by atoms with E-state index < -0.39 is 46.4 Å². The van der Waals surface area contributed by atoms with Crippen LogP contribution in [0.4, 0.5) is 5.13 Å². The molecule has 2 aliphatic rings. The third-order valence-electron chi connectivity index (χ3n) is 5.74. The quantitative estimate of drug-likeness (QED) is 0.0718. The number of amides is 2. The van der Waals surface area contributed by atoms with E-state index in [0.717, 1.165) is 20.8 Å². The predicted molar refractivity (Wildman–Crippen MR) is 146 cm³/mol. The number of β-lactam (4-membered cyclic amide) rings is 1. The lowest BCUT2D eigenvalue weighted by Crippen LogP contribution is -2.71. The topological polar surface area (TPSA) is 215 Å². The van der Waals surface area contributed by atoms with Gasteiger partial charge >= 0.3 is 17.1 Å². The average molecular weight is 595 g/mol. The highest BCUT2D eigenvalue weighted by Crippen LogP contribution is 2.41. The van der Waals surface area contributed by atoms with Gasteiger partial charge in [-0.2, -0.15) is 5.10 Å². The molecule has 0 aromatic carbocycles. The number of carbonyl (C=O) groups excluding carboxylic acids is 2. The summed E-state index contributed by atoms with van der Waals surface area (Å²) in [6, 6.07) is -1.47. The second-order valence-corrected chi connectivity index (χ2v) is 11.0. The molecule has 1 fully saturated rings. The van der Waals surface area contributed by atoms with Crippen molar-refractivity contribution in [3.63, 3.8) is 0 Å². The fourth-order valence-corrected chi connectivity index (χ4v) is 6.29. The zero-order chi connectivity index (χ0) is 28.6. The Morgan fingerprint density at radius 3 is 2.69 bits per heavy atom. The summed E-state index contributed by atoms with van der Waals surface area (Å²) < 4.78 is 1.14. The lowest BCUT2D eigenvalue weighted by Gasteiger charge is -2.49. The molecule has 4 rings (SSSR count). The largest absolute Gasteiger partial charge is 0.477 e. The molecular weight excluding hydrogens is 572 g/mol. The van der Waals surface area contributed by atoms with Crippen LogP contribution < -0.4 is 22.2 Å². The smallest absolute Gasteiger partial charge is 0.352 e. The number of hydrogen-bond donors (Lipinski definition) is 4. The van der Waals surface area contributed by atoms with Gasteiger partial charge in [0.2, 0.25) is 0 Å². The normalized spacial score (nSPS) is 19.0. The standard InChI is InChI=1S/C21H22N8O7S3/c1-7(2)28-14(25-26-16(31)18(28)33)10(37)4-8-5-38-19-12(17(32)29(19)13(8)20(34)35)24-15(30)11(27-36-3)9-6-39-21(22)23-9/h6-7,12,19H,4-5H2,1-3H3,(H2,22,23)(H,24,30)(H,26,31)(H,34,35). The molecule has 0 spiro atoms. The van der Waals surface area contributed by atoms with Gasteiger partial charge in [0.05, 0.1) is 4.86 Å². The summed E-state index contributed by atoms with van der Waals surface area (Å²) in [4.78, 5) is 72.3. The highest BCUT2D eigenvalue weighted by Gasteiger charge is 2.54. The van der Waals surface area contributed by atoms with Crippen molar-refractivity contribution >= 4 is 68.8 Å². The van der Waals surface area contributed by atoms with E-state index in [0.29, 0.717) is 5.57 Å². The second-order valence-electron chi connectivity index (χ2n) is 8.56. The summed E-state index contributed by atoms with van der Waals surface area (Å²) in [5.41, 5.74) is 3.91. The van der Waals surface area contributed by atoms with Crippen LogP contribution >= 0.6 is 35.3 Å². The van der Waals surface area contributed by atoms with Crippen molar-refractivity contribution in [3.05, 3.63) is 48.9 Å². The fourth-order valence-electron chi connectivity index (χ4n) is 4.08. The van der Waals surface area contributed by atoms with Crippen LogP contribution in [0, 0.1) is 0 Å². The van der Waals surface area contributed by atoms with E-state index in [9.17, 15) is 29.1 Å². The number of oxime groups is 1. The Balaban J connectivity index is 1.57. The van der Waals surface area contributed by atoms with E-state index in [1.807, 2.05) is 0 Å². The molecular formula is C21H22N8O7S3. The molecule has 18 heteroatoms. The molecule has 0 radical (unpaired) electrons. The highest BCUT2D eigenvalue weighted by molar-refractivity contribution is 8.00. The van der Waals surface area contributed by atoms with Crippen LogP contribution in [-0.2, 0) is 19.2 Å². The third kappa shape index (κ3) is 5.21. The van der Waals surface area contributed by atoms with E-state index in [2.05, 4.69) is 25.7 Å². The molecule has 0 saturated carbocycles. The van der Waals surface area contributed by atoms with Crippen LogP contribution in [0.3, 0.4) is 0 Å². The van der Waals surface area contributed by atoms with Gasteiger partial charge in [0.1, 0.15) is 29.9 Å². The Kier molecular flexibility index (Phi) is 7.98. The van der Waals surface area contributed by atoms with Crippen molar-refractivity contribution in [1.29, 1.82) is 0 Å². The van der Waals surface area contributed by atoms with Crippen LogP contribution in [-0.4, -0.2) is 82.4 Å². The number of thiocarbonyl (C=S) groups is 1. The van der Waals surface area contributed by atoms with Gasteiger partial charge in [-0.05, 0) is 19.4 Å². The van der Waals surface area contributed by atoms with Gasteiger partial charge in [-0.1, -0.05) is 17.4 Å². The Bertz CT molecular complexity index is 1560. The third-order valence-corrected chi connectivity index (χ3v) is 8.08. The van der Waals surface area contributed by atoms with Crippen molar-refractivity contribution < 1.29 is 24.3 Å². The van der Waals surface area contributed by atoms with Gasteiger partial charge in [0.25, 0.3) is 11.8 Å². The number of carboxylic acid groups (broad SMARTS) is 1. The number of anilines is 1. The molecule has 1 saturated heterocycles. The minimum atomic E-state index is -1.36. The van der Waals surface area contributed by atoms with Gasteiger partial charge in [-0.25, -0.2) is 14.9 Å². The zero-order valence-corrected chi connectivity index (χ0v) is 23.1. The molecule has 2 unspecified atom stereocenters. The maximum absolute atomic E-state index is 13.1. The minimum absolute atomic E-state index is 0.0293. The van der Waals surface area contributed by atoms with Crippen molar-refractivity contribution in [2.75, 3.05) is 18.6 Å². The van der Waals surface area contributed by atoms with Crippen molar-refractivity contribution in [2.45, 2.75) is 37.7 Å². The first kappa shape index (κ1) is 28.1. The molecule has 4 heterocycles. The number of thioether (sulfide) groups is 1. The van der Waals surface area contributed by atoms with Crippen LogP contribution in [0.25, 0.3) is 0 Å². The van der Waals surface area contributed by atoms with Gasteiger partial charge in [-0.3, -0.25) is 28.6 Å². The molecule has 2 aromatic rings. The molecule has 5 N–H and O–H groups in total. The van der Waals surface area contributed by atoms with Crippen molar-refractivity contribution in [2.24, 2.45) is 5.16 Å². The number of fused-ring (bicyclic) bond motifs is 1. The number of carboxylic acids is 1. The monoisotopic (exact) mass is 594 g/mol. The van der Waals surface area contributed by atoms with E-state index in [1.165, 1.54) is 24.3 Å². The molecule has 0 aliphatic carbocycles. The number of aliphatic carboxylic acids is 1. The molecule has 2 aliphatic heterocycles. The molecule has 15 nitrogen and oxygen atoms in total. The predicted octanol–water partition coefficient (Wildman–Crippen LogP) is -0.551. The molecule has 0 bridgehead atoms. The maximum atomic E-state index is 13.1. The Hall–Kier alpha value is -3.90. The maximum Gasteiger partial charge on any atom is 0.352 e. The number of nitrogen functional groups attached to an aromatic ring is 1. The Morgan fingerprint density at radius 2 is 2.10 bits per heavy atom. The average Bonchev–Trinajstić information content (AvgIpc) is 3.31. The van der Waals surface area contributed by atoms with E-state index >= 15 is 0 Å². The van der Waals surface area contributed by atoms with Crippen LogP contribution in [0.5, 0.6) is 0 Å². The van der Waals surface area contributed by atoms with Crippen molar-refractivity contribution in [1.82, 2.24) is 30.0 Å². The van der Waals surface area contributed by atoms with E-state index in [-0.39, 0.29) is 45.1 Å². The first-order valence-corrected chi connectivity index (χ1v) is 13.6. The summed E-state index contributed by atoms with van der Waals surface area (Å²) in [5, 5.41) is 23.3. The molecule has 39 heavy (non-hydrogen) atoms. The highest BCUT2D eigenvalue weighted by atomic mass is 32.2. The fraction of sp³-hybridized carbons (Fsp3) is 0.381. The summed E-state index contributed by atoms with van der Waals surface area (Å²) in [6.45, 7) is 3.36. The number of thiazole rings is 1. The first-order valence-electron chi connectivity index (χ1n) is 11.2. The van der Waals surface area contributed by atoms with Crippen LogP contribution in [0.1, 0.15) is 37.8 Å². The summed E-state index contributed by atoms with van der Waals surface area (Å²) >= 11 is 7.79. The number of nitrogens with two attached hydrogens (primary N) is 1. The first-order chi connectivity index (χ1) is 18.5. The number of nitrogens with zero attached hydrogens (tertiary/aromatic N) is 5. The van der Waals surface area contributed by atoms with Gasteiger partial charge in [0.15, 0.2) is 16.7 Å². The number of H-pyrrole nitrogens is 1. The number of carbonyl (C=O) groups is 3. The number of nitrogens with one attached hydrogen (secondary N) is 2. The lowest BCUT2D eigenvalue weighted by molar-refractivity contribution is -0.150. The molecule has 206 valence electrons. The number of aromatic nitrogens is 4. The summed E-state index contributed by atoms with van der Waals surface area (Å²) in [6.07, 6.45) is -0.0986. The van der Waals surface area contributed by atoms with E-state index in [4.69, 9.17) is 22.8 Å². The minimum Gasteiger partial charge on any atom is -0.477 e. The van der Waals surface area contributed by atoms with Crippen LogP contribution in [0.2, 0.25) is 0 Å². The zero-order valence-electron chi connectivity index (χ0n) is 20.7. The molecule has 2 aromatic heterocycles. The van der Waals surface area contributed by atoms with E-state index in [1.54, 1.807) is 13.8 Å². The van der Waals surface area contributed by atoms with Gasteiger partial charge in [0, 0.05) is 23.6 Å². The van der Waals surface area contributed by atoms with Crippen LogP contribution in [0.15, 0.2) is 31.4 Å². The number of rotatable bonds is 9. The van der Waals surface area contributed by atoms with Crippen molar-refractivity contribution in [3.8, 4) is 0 Å². The number of aromatic amines is 1. The Labute approximate surface area is 233 Å². The summed E-state index contributed by atoms with van der Waals surface area (Å²) in [7, 11) is 1.25. The second kappa shape index (κ2) is 11.1. The van der Waals surface area contributed by atoms with Gasteiger partial charge < -0.3 is 21.0 Å². The van der Waals surface area contributed by atoms with Gasteiger partial charge in [-0.15, -0.1) is 23.1 Å². The Morgan fingerprint density at radius 1 is 1.38 bits per heavy atom. The number of hydrogen-bond acceptors (Lipinski definition) is 13. The summed E-state index contributed by atoms with van der Waals surface area (Å²) in [5.74, 6) is -2.55.